The number of H-pyrrole nitrogens is 1. The molecule has 1 aromatic carbocycles. The van der Waals surface area contributed by atoms with Gasteiger partial charge in [0.05, 0.1) is 19.9 Å². The number of aromatic nitrogens is 2. The van der Waals surface area contributed by atoms with Crippen molar-refractivity contribution in [3.8, 4) is 5.75 Å². The lowest BCUT2D eigenvalue weighted by Gasteiger charge is -2.11. The molecule has 2 aromatic rings. The lowest BCUT2D eigenvalue weighted by atomic mass is 10.2. The molecule has 0 fully saturated rings. The fourth-order valence-electron chi connectivity index (χ4n) is 1.83. The fourth-order valence-corrected chi connectivity index (χ4v) is 3.06. The molecule has 0 unspecified atom stereocenters. The summed E-state index contributed by atoms with van der Waals surface area (Å²) in [5, 5.41) is 15.7. The third-order valence-corrected chi connectivity index (χ3v) is 4.51. The van der Waals surface area contributed by atoms with Crippen molar-refractivity contribution in [2.45, 2.75) is 25.0 Å². The molecule has 21 heavy (non-hydrogen) atoms. The minimum absolute atomic E-state index is 0.00213. The second-order valence-corrected chi connectivity index (χ2v) is 6.22. The van der Waals surface area contributed by atoms with Crippen LogP contribution in [-0.2, 0) is 23.2 Å². The number of aliphatic hydroxyl groups is 1. The minimum atomic E-state index is -3.76. The van der Waals surface area contributed by atoms with Crippen LogP contribution in [0.25, 0.3) is 0 Å². The van der Waals surface area contributed by atoms with E-state index in [1.54, 1.807) is 12.3 Å². The molecule has 1 heterocycles. The van der Waals surface area contributed by atoms with Gasteiger partial charge in [0.15, 0.2) is 0 Å². The molecular weight excluding hydrogens is 294 g/mol. The van der Waals surface area contributed by atoms with Crippen LogP contribution in [0.3, 0.4) is 0 Å². The first kappa shape index (κ1) is 15.5. The number of hydrogen-bond donors (Lipinski definition) is 3. The predicted octanol–water partition coefficient (Wildman–Crippen LogP) is 0.698. The molecule has 0 bridgehead atoms. The minimum Gasteiger partial charge on any atom is -0.495 e. The van der Waals surface area contributed by atoms with Gasteiger partial charge >= 0.3 is 0 Å². The first-order valence-electron chi connectivity index (χ1n) is 6.24. The molecule has 114 valence electrons. The average Bonchev–Trinajstić information content (AvgIpc) is 2.90. The van der Waals surface area contributed by atoms with E-state index in [1.807, 2.05) is 6.92 Å². The second-order valence-electron chi connectivity index (χ2n) is 4.49. The summed E-state index contributed by atoms with van der Waals surface area (Å²) in [6, 6.07) is 4.52. The first-order chi connectivity index (χ1) is 9.97. The average molecular weight is 311 g/mol. The van der Waals surface area contributed by atoms with Gasteiger partial charge in [-0.05, 0) is 24.6 Å². The molecule has 2 rings (SSSR count). The largest absolute Gasteiger partial charge is 0.495 e. The van der Waals surface area contributed by atoms with E-state index in [-0.39, 0.29) is 23.8 Å². The number of ether oxygens (including phenoxy) is 1. The smallest absolute Gasteiger partial charge is 0.244 e. The summed E-state index contributed by atoms with van der Waals surface area (Å²) in [6.07, 6.45) is 1.57. The van der Waals surface area contributed by atoms with Crippen LogP contribution in [0.1, 0.15) is 16.8 Å². The van der Waals surface area contributed by atoms with Crippen LogP contribution in [0.15, 0.2) is 29.3 Å². The van der Waals surface area contributed by atoms with Crippen LogP contribution >= 0.6 is 0 Å². The molecule has 0 radical (unpaired) electrons. The third kappa shape index (κ3) is 3.41. The van der Waals surface area contributed by atoms with Crippen molar-refractivity contribution in [2.24, 2.45) is 0 Å². The summed E-state index contributed by atoms with van der Waals surface area (Å²) in [4.78, 5) is -0.00213. The van der Waals surface area contributed by atoms with E-state index in [4.69, 9.17) is 9.84 Å². The maximum atomic E-state index is 12.4. The topological polar surface area (TPSA) is 104 Å². The van der Waals surface area contributed by atoms with Crippen molar-refractivity contribution < 1.29 is 18.3 Å². The van der Waals surface area contributed by atoms with Gasteiger partial charge in [-0.15, -0.1) is 0 Å². The Balaban J connectivity index is 2.28. The Labute approximate surface area is 123 Å². The molecule has 0 spiro atoms. The summed E-state index contributed by atoms with van der Waals surface area (Å²) in [7, 11) is -2.36. The maximum Gasteiger partial charge on any atom is 0.244 e. The van der Waals surface area contributed by atoms with Gasteiger partial charge in [0.25, 0.3) is 0 Å². The van der Waals surface area contributed by atoms with Gasteiger partial charge in [-0.2, -0.15) is 5.10 Å². The molecule has 0 aliphatic heterocycles. The van der Waals surface area contributed by atoms with E-state index in [9.17, 15) is 8.42 Å². The molecule has 0 atom stereocenters. The molecule has 3 N–H and O–H groups in total. The van der Waals surface area contributed by atoms with Crippen molar-refractivity contribution in [1.82, 2.24) is 14.9 Å². The quantitative estimate of drug-likeness (QED) is 0.728. The Morgan fingerprint density at radius 3 is 2.76 bits per heavy atom. The molecule has 0 aliphatic rings. The highest BCUT2D eigenvalue weighted by atomic mass is 32.2. The molecule has 0 aliphatic carbocycles. The Hall–Kier alpha value is -1.90. The predicted molar refractivity (Wildman–Crippen MR) is 76.3 cm³/mol. The lowest BCUT2D eigenvalue weighted by molar-refractivity contribution is 0.281. The molecule has 7 nitrogen and oxygen atoms in total. The van der Waals surface area contributed by atoms with Gasteiger partial charge in [0, 0.05) is 17.8 Å². The van der Waals surface area contributed by atoms with Gasteiger partial charge in [0.2, 0.25) is 10.0 Å². The van der Waals surface area contributed by atoms with Crippen molar-refractivity contribution in [3.05, 3.63) is 41.2 Å². The normalized spacial score (nSPS) is 11.6. The van der Waals surface area contributed by atoms with E-state index in [2.05, 4.69) is 14.9 Å². The van der Waals surface area contributed by atoms with Gasteiger partial charge in [-0.3, -0.25) is 5.10 Å². The lowest BCUT2D eigenvalue weighted by Crippen LogP contribution is -2.24. The second kappa shape index (κ2) is 6.25. The van der Waals surface area contributed by atoms with Crippen LogP contribution in [0, 0.1) is 6.92 Å². The highest BCUT2D eigenvalue weighted by molar-refractivity contribution is 7.89. The number of aromatic amines is 1. The molecular formula is C13H17N3O4S. The number of sulfonamides is 1. The van der Waals surface area contributed by atoms with Crippen molar-refractivity contribution in [1.29, 1.82) is 0 Å². The number of nitrogens with zero attached hydrogens (tertiary/aromatic N) is 1. The Kier molecular flexibility index (Phi) is 4.61. The van der Waals surface area contributed by atoms with E-state index in [0.29, 0.717) is 5.56 Å². The third-order valence-electron chi connectivity index (χ3n) is 3.09. The highest BCUT2D eigenvalue weighted by Crippen LogP contribution is 2.25. The first-order valence-corrected chi connectivity index (χ1v) is 7.72. The highest BCUT2D eigenvalue weighted by Gasteiger charge is 2.20. The number of aryl methyl sites for hydroxylation is 1. The number of aliphatic hydroxyl groups excluding tert-OH is 1. The number of benzene rings is 1. The SMILES string of the molecule is COc1ccc(CO)cc1S(=O)(=O)NCc1cn[nH]c1C. The van der Waals surface area contributed by atoms with Crippen LogP contribution in [0.5, 0.6) is 5.75 Å². The zero-order valence-electron chi connectivity index (χ0n) is 11.8. The van der Waals surface area contributed by atoms with E-state index >= 15 is 0 Å². The molecule has 0 saturated heterocycles. The fraction of sp³-hybridized carbons (Fsp3) is 0.308. The maximum absolute atomic E-state index is 12.4. The summed E-state index contributed by atoms with van der Waals surface area (Å²) in [5.41, 5.74) is 2.06. The zero-order valence-corrected chi connectivity index (χ0v) is 12.6. The van der Waals surface area contributed by atoms with Gasteiger partial charge in [-0.1, -0.05) is 6.07 Å². The summed E-state index contributed by atoms with van der Waals surface area (Å²) < 4.78 is 32.3. The standard InChI is InChI=1S/C13H17N3O4S/c1-9-11(6-14-16-9)7-15-21(18,19)13-5-10(8-17)3-4-12(13)20-2/h3-6,15,17H,7-8H2,1-2H3,(H,14,16). The van der Waals surface area contributed by atoms with Gasteiger partial charge in [-0.25, -0.2) is 13.1 Å². The van der Waals surface area contributed by atoms with Crippen LogP contribution in [-0.4, -0.2) is 30.8 Å². The molecule has 0 saturated carbocycles. The Bertz CT molecular complexity index is 725. The van der Waals surface area contributed by atoms with Gasteiger partial charge < -0.3 is 9.84 Å². The number of nitrogens with one attached hydrogen (secondary N) is 2. The van der Waals surface area contributed by atoms with Crippen LogP contribution < -0.4 is 9.46 Å². The summed E-state index contributed by atoms with van der Waals surface area (Å²) in [5.74, 6) is 0.226. The van der Waals surface area contributed by atoms with E-state index in [1.165, 1.54) is 19.2 Å². The van der Waals surface area contributed by atoms with E-state index < -0.39 is 10.0 Å². The molecule has 0 amide bonds. The van der Waals surface area contributed by atoms with Crippen LogP contribution in [0.2, 0.25) is 0 Å². The number of methoxy groups -OCH3 is 1. The van der Waals surface area contributed by atoms with Crippen molar-refractivity contribution >= 4 is 10.0 Å². The van der Waals surface area contributed by atoms with Crippen LogP contribution in [0.4, 0.5) is 0 Å². The number of rotatable bonds is 6. The monoisotopic (exact) mass is 311 g/mol. The zero-order chi connectivity index (χ0) is 15.5. The summed E-state index contributed by atoms with van der Waals surface area (Å²) >= 11 is 0. The Morgan fingerprint density at radius 1 is 1.43 bits per heavy atom. The summed E-state index contributed by atoms with van der Waals surface area (Å²) in [6.45, 7) is 1.69. The molecule has 1 aromatic heterocycles. The molecule has 8 heteroatoms. The Morgan fingerprint density at radius 2 is 2.19 bits per heavy atom. The van der Waals surface area contributed by atoms with Crippen molar-refractivity contribution in [3.63, 3.8) is 0 Å². The number of hydrogen-bond acceptors (Lipinski definition) is 5. The van der Waals surface area contributed by atoms with E-state index in [0.717, 1.165) is 11.3 Å². The van der Waals surface area contributed by atoms with Crippen molar-refractivity contribution in [2.75, 3.05) is 7.11 Å². The van der Waals surface area contributed by atoms with Gasteiger partial charge in [0.1, 0.15) is 10.6 Å².